The van der Waals surface area contributed by atoms with E-state index in [0.717, 1.165) is 0 Å². The van der Waals surface area contributed by atoms with E-state index in [0.29, 0.717) is 17.4 Å². The highest BCUT2D eigenvalue weighted by molar-refractivity contribution is 7.71. The van der Waals surface area contributed by atoms with Gasteiger partial charge in [-0.1, -0.05) is 0 Å². The maximum absolute atomic E-state index is 12.1. The number of carbonyl (C=O) groups is 1. The van der Waals surface area contributed by atoms with Gasteiger partial charge in [-0.3, -0.25) is 14.2 Å². The largest absolute Gasteiger partial charge is 0.405 e. The van der Waals surface area contributed by atoms with Crippen LogP contribution in [0.15, 0.2) is 23.0 Å². The molecule has 9 heteroatoms. The van der Waals surface area contributed by atoms with Gasteiger partial charge in [0, 0.05) is 12.1 Å². The van der Waals surface area contributed by atoms with Crippen LogP contribution < -0.4 is 10.9 Å². The van der Waals surface area contributed by atoms with Crippen molar-refractivity contribution in [2.24, 2.45) is 0 Å². The quantitative estimate of drug-likeness (QED) is 0.849. The summed E-state index contributed by atoms with van der Waals surface area (Å²) in [6.45, 7) is 0.727. The Balaban J connectivity index is 2.41. The molecule has 0 unspecified atom stereocenters. The molecule has 1 aromatic carbocycles. The molecule has 2 aromatic rings. The molecule has 0 aliphatic heterocycles. The predicted molar refractivity (Wildman–Crippen MR) is 77.5 cm³/mol. The van der Waals surface area contributed by atoms with Crippen LogP contribution in [-0.4, -0.2) is 28.2 Å². The average Bonchev–Trinajstić information content (AvgIpc) is 2.43. The summed E-state index contributed by atoms with van der Waals surface area (Å²) < 4.78 is 37.8. The van der Waals surface area contributed by atoms with Gasteiger partial charge < -0.3 is 10.3 Å². The third-order valence-electron chi connectivity index (χ3n) is 3.01. The van der Waals surface area contributed by atoms with Crippen LogP contribution >= 0.6 is 12.2 Å². The van der Waals surface area contributed by atoms with Gasteiger partial charge in [0.25, 0.3) is 11.5 Å². The summed E-state index contributed by atoms with van der Waals surface area (Å²) in [4.78, 5) is 26.6. The van der Waals surface area contributed by atoms with E-state index in [9.17, 15) is 22.8 Å². The number of benzene rings is 1. The van der Waals surface area contributed by atoms with Gasteiger partial charge in [0.2, 0.25) is 0 Å². The van der Waals surface area contributed by atoms with E-state index >= 15 is 0 Å². The van der Waals surface area contributed by atoms with Gasteiger partial charge >= 0.3 is 6.18 Å². The van der Waals surface area contributed by atoms with Crippen molar-refractivity contribution in [2.75, 3.05) is 6.54 Å². The van der Waals surface area contributed by atoms with Gasteiger partial charge in [-0.2, -0.15) is 13.2 Å². The Morgan fingerprint density at radius 2 is 2.09 bits per heavy atom. The maximum atomic E-state index is 12.1. The number of fused-ring (bicyclic) bond motifs is 1. The van der Waals surface area contributed by atoms with Gasteiger partial charge in [-0.05, 0) is 37.3 Å². The predicted octanol–water partition coefficient (Wildman–Crippen LogP) is 2.37. The van der Waals surface area contributed by atoms with Crippen LogP contribution in [0.5, 0.6) is 0 Å². The highest BCUT2D eigenvalue weighted by Gasteiger charge is 2.27. The van der Waals surface area contributed by atoms with Crippen molar-refractivity contribution >= 4 is 29.0 Å². The second-order valence-electron chi connectivity index (χ2n) is 4.54. The fourth-order valence-electron chi connectivity index (χ4n) is 1.97. The van der Waals surface area contributed by atoms with Crippen molar-refractivity contribution in [3.05, 3.63) is 38.9 Å². The lowest BCUT2D eigenvalue weighted by molar-refractivity contribution is -0.123. The number of aromatic nitrogens is 2. The van der Waals surface area contributed by atoms with Gasteiger partial charge in [0.05, 0.1) is 10.9 Å². The lowest BCUT2D eigenvalue weighted by atomic mass is 10.1. The molecule has 118 valence electrons. The number of hydrogen-bond donors (Lipinski definition) is 2. The Morgan fingerprint density at radius 1 is 1.41 bits per heavy atom. The molecule has 1 amide bonds. The first-order chi connectivity index (χ1) is 10.2. The second kappa shape index (κ2) is 5.91. The number of aromatic amines is 1. The topological polar surface area (TPSA) is 66.9 Å². The first kappa shape index (κ1) is 16.2. The highest BCUT2D eigenvalue weighted by Crippen LogP contribution is 2.14. The summed E-state index contributed by atoms with van der Waals surface area (Å²) in [5.74, 6) is -0.877. The van der Waals surface area contributed by atoms with E-state index in [1.807, 2.05) is 0 Å². The highest BCUT2D eigenvalue weighted by atomic mass is 32.1. The standard InChI is InChI=1S/C13H12F3N3O2S/c1-2-19-11(21)8-4-3-7(5-9(8)18-12(19)22)10(20)17-6-13(14,15)16/h3-5H,2,6H2,1H3,(H,17,20)(H,18,22). The van der Waals surface area contributed by atoms with E-state index in [2.05, 4.69) is 4.98 Å². The van der Waals surface area contributed by atoms with Gasteiger partial charge in [0.15, 0.2) is 4.77 Å². The number of hydrogen-bond acceptors (Lipinski definition) is 3. The third kappa shape index (κ3) is 3.35. The Bertz CT molecular complexity index is 839. The van der Waals surface area contributed by atoms with Crippen LogP contribution in [0.3, 0.4) is 0 Å². The van der Waals surface area contributed by atoms with Crippen molar-refractivity contribution in [1.29, 1.82) is 0 Å². The monoisotopic (exact) mass is 331 g/mol. The molecule has 2 N–H and O–H groups in total. The van der Waals surface area contributed by atoms with Gasteiger partial charge in [-0.25, -0.2) is 0 Å². The number of halogens is 3. The fourth-order valence-corrected chi connectivity index (χ4v) is 2.29. The van der Waals surface area contributed by atoms with Crippen LogP contribution in [0.1, 0.15) is 17.3 Å². The number of carbonyl (C=O) groups excluding carboxylic acids is 1. The second-order valence-corrected chi connectivity index (χ2v) is 4.92. The Hall–Kier alpha value is -2.16. The molecule has 0 fully saturated rings. The minimum Gasteiger partial charge on any atom is -0.343 e. The summed E-state index contributed by atoms with van der Waals surface area (Å²) >= 11 is 5.03. The summed E-state index contributed by atoms with van der Waals surface area (Å²) in [5, 5.41) is 2.08. The SMILES string of the molecule is CCn1c(=S)[nH]c2cc(C(=O)NCC(F)(F)F)ccc2c1=O. The number of H-pyrrole nitrogens is 1. The van der Waals surface area contributed by atoms with Crippen molar-refractivity contribution in [2.45, 2.75) is 19.6 Å². The van der Waals surface area contributed by atoms with Crippen LogP contribution in [0, 0.1) is 4.77 Å². The molecule has 1 heterocycles. The molecule has 0 spiro atoms. The van der Waals surface area contributed by atoms with E-state index in [1.165, 1.54) is 22.8 Å². The summed E-state index contributed by atoms with van der Waals surface area (Å²) in [6.07, 6.45) is -4.48. The van der Waals surface area contributed by atoms with E-state index in [-0.39, 0.29) is 15.9 Å². The molecule has 0 atom stereocenters. The van der Waals surface area contributed by atoms with Gasteiger partial charge in [0.1, 0.15) is 6.54 Å². The van der Waals surface area contributed by atoms with E-state index in [1.54, 1.807) is 12.2 Å². The lowest BCUT2D eigenvalue weighted by Gasteiger charge is -2.09. The minimum absolute atomic E-state index is 0.0102. The molecule has 0 bridgehead atoms. The first-order valence-corrected chi connectivity index (χ1v) is 6.75. The molecule has 0 radical (unpaired) electrons. The van der Waals surface area contributed by atoms with E-state index < -0.39 is 18.6 Å². The molecule has 0 aliphatic carbocycles. The Morgan fingerprint density at radius 3 is 2.68 bits per heavy atom. The molecule has 0 aliphatic rings. The maximum Gasteiger partial charge on any atom is 0.405 e. The molecule has 0 saturated carbocycles. The Kier molecular flexibility index (Phi) is 4.36. The molecular formula is C13H12F3N3O2S. The first-order valence-electron chi connectivity index (χ1n) is 6.35. The number of alkyl halides is 3. The average molecular weight is 331 g/mol. The summed E-state index contributed by atoms with van der Waals surface area (Å²) in [6, 6.07) is 3.99. The minimum atomic E-state index is -4.48. The van der Waals surface area contributed by atoms with Crippen molar-refractivity contribution in [3.8, 4) is 0 Å². The lowest BCUT2D eigenvalue weighted by Crippen LogP contribution is -2.33. The fraction of sp³-hybridized carbons (Fsp3) is 0.308. The van der Waals surface area contributed by atoms with Crippen LogP contribution in [0.2, 0.25) is 0 Å². The molecule has 0 saturated heterocycles. The zero-order valence-corrected chi connectivity index (χ0v) is 12.3. The number of nitrogens with one attached hydrogen (secondary N) is 2. The zero-order chi connectivity index (χ0) is 16.5. The van der Waals surface area contributed by atoms with Crippen molar-refractivity contribution in [3.63, 3.8) is 0 Å². The smallest absolute Gasteiger partial charge is 0.343 e. The van der Waals surface area contributed by atoms with Crippen molar-refractivity contribution in [1.82, 2.24) is 14.9 Å². The van der Waals surface area contributed by atoms with Crippen molar-refractivity contribution < 1.29 is 18.0 Å². The molecule has 5 nitrogen and oxygen atoms in total. The summed E-state index contributed by atoms with van der Waals surface area (Å²) in [7, 11) is 0. The molecular weight excluding hydrogens is 319 g/mol. The molecule has 1 aromatic heterocycles. The van der Waals surface area contributed by atoms with Gasteiger partial charge in [-0.15, -0.1) is 0 Å². The van der Waals surface area contributed by atoms with Crippen LogP contribution in [0.4, 0.5) is 13.2 Å². The number of rotatable bonds is 3. The number of nitrogens with zero attached hydrogens (tertiary/aromatic N) is 1. The normalized spacial score (nSPS) is 11.6. The molecule has 2 rings (SSSR count). The molecule has 22 heavy (non-hydrogen) atoms. The van der Waals surface area contributed by atoms with Crippen LogP contribution in [0.25, 0.3) is 10.9 Å². The van der Waals surface area contributed by atoms with E-state index in [4.69, 9.17) is 12.2 Å². The van der Waals surface area contributed by atoms with Crippen LogP contribution in [-0.2, 0) is 6.54 Å². The third-order valence-corrected chi connectivity index (χ3v) is 3.33. The zero-order valence-electron chi connectivity index (χ0n) is 11.5. The number of amides is 1. The Labute approximate surface area is 127 Å². The summed E-state index contributed by atoms with van der Waals surface area (Å²) in [5.41, 5.74) is -0.00101.